The van der Waals surface area contributed by atoms with Crippen molar-refractivity contribution in [3.05, 3.63) is 73.9 Å². The Balaban J connectivity index is 2.02. The summed E-state index contributed by atoms with van der Waals surface area (Å²) in [5, 5.41) is 26.1. The van der Waals surface area contributed by atoms with Gasteiger partial charge in [-0.05, 0) is 44.2 Å². The Bertz CT molecular complexity index is 1410. The predicted octanol–water partition coefficient (Wildman–Crippen LogP) is 5.31. The summed E-state index contributed by atoms with van der Waals surface area (Å²) >= 11 is 3.44. The lowest BCUT2D eigenvalue weighted by Gasteiger charge is -2.06. The summed E-state index contributed by atoms with van der Waals surface area (Å²) in [5.74, 6) is -0.390. The van der Waals surface area contributed by atoms with Crippen molar-refractivity contribution in [2.45, 2.75) is 13.8 Å². The normalized spacial score (nSPS) is 10.8. The number of nitriles is 1. The second-order valence-electron chi connectivity index (χ2n) is 6.79. The van der Waals surface area contributed by atoms with Crippen LogP contribution in [0.4, 0.5) is 5.69 Å². The Labute approximate surface area is 190 Å². The molecule has 0 atom stereocenters. The fourth-order valence-corrected chi connectivity index (χ4v) is 3.76. The number of furan rings is 1. The number of benzene rings is 2. The van der Waals surface area contributed by atoms with Crippen LogP contribution in [0.5, 0.6) is 0 Å². The van der Waals surface area contributed by atoms with Crippen molar-refractivity contribution in [1.29, 1.82) is 5.26 Å². The zero-order valence-electron chi connectivity index (χ0n) is 17.0. The lowest BCUT2D eigenvalue weighted by atomic mass is 10.1. The molecular formula is C22H15BrN4O5. The molecule has 2 aromatic carbocycles. The summed E-state index contributed by atoms with van der Waals surface area (Å²) in [5.41, 5.74) is 1.74. The van der Waals surface area contributed by atoms with E-state index in [1.54, 1.807) is 13.0 Å². The molecule has 0 aliphatic heterocycles. The molecular weight excluding hydrogens is 480 g/mol. The van der Waals surface area contributed by atoms with E-state index >= 15 is 0 Å². The van der Waals surface area contributed by atoms with E-state index < -0.39 is 10.9 Å². The number of fused-ring (bicyclic) bond motifs is 1. The van der Waals surface area contributed by atoms with E-state index in [2.05, 4.69) is 21.0 Å². The van der Waals surface area contributed by atoms with Gasteiger partial charge in [-0.2, -0.15) is 10.4 Å². The fraction of sp³-hybridized carbons (Fsp3) is 0.136. The first-order valence-corrected chi connectivity index (χ1v) is 10.3. The highest BCUT2D eigenvalue weighted by molar-refractivity contribution is 9.10. The zero-order chi connectivity index (χ0) is 23.0. The smallest absolute Gasteiger partial charge is 0.360 e. The predicted molar refractivity (Wildman–Crippen MR) is 119 cm³/mol. The van der Waals surface area contributed by atoms with Crippen LogP contribution in [0.3, 0.4) is 0 Å². The number of esters is 1. The number of carbonyl (C=O) groups excluding carboxylic acids is 1. The van der Waals surface area contributed by atoms with Gasteiger partial charge in [0.25, 0.3) is 5.69 Å². The summed E-state index contributed by atoms with van der Waals surface area (Å²) in [6, 6.07) is 13.2. The van der Waals surface area contributed by atoms with Gasteiger partial charge in [-0.3, -0.25) is 10.1 Å². The molecule has 4 rings (SSSR count). The largest absolute Gasteiger partial charge is 0.461 e. The number of aromatic nitrogens is 2. The maximum absolute atomic E-state index is 12.5. The van der Waals surface area contributed by atoms with Crippen molar-refractivity contribution in [3.8, 4) is 23.2 Å². The van der Waals surface area contributed by atoms with E-state index in [1.807, 2.05) is 25.1 Å². The molecule has 0 spiro atoms. The topological polar surface area (TPSA) is 124 Å². The highest BCUT2D eigenvalue weighted by atomic mass is 79.9. The van der Waals surface area contributed by atoms with Crippen LogP contribution in [-0.4, -0.2) is 27.3 Å². The average molecular weight is 495 g/mol. The number of hydrogen-bond acceptors (Lipinski definition) is 7. The maximum Gasteiger partial charge on any atom is 0.360 e. The van der Waals surface area contributed by atoms with Gasteiger partial charge in [0, 0.05) is 27.6 Å². The number of nitrogens with zero attached hydrogens (tertiary/aromatic N) is 4. The number of carbonyl (C=O) groups is 1. The van der Waals surface area contributed by atoms with Gasteiger partial charge in [0.2, 0.25) is 0 Å². The minimum absolute atomic E-state index is 0.0111. The Morgan fingerprint density at radius 1 is 1.31 bits per heavy atom. The molecule has 0 N–H and O–H groups in total. The zero-order valence-corrected chi connectivity index (χ0v) is 18.5. The summed E-state index contributed by atoms with van der Waals surface area (Å²) in [6.07, 6.45) is 0. The molecule has 10 heteroatoms. The van der Waals surface area contributed by atoms with Gasteiger partial charge in [0.1, 0.15) is 22.9 Å². The Morgan fingerprint density at radius 2 is 2.03 bits per heavy atom. The quantitative estimate of drug-likeness (QED) is 0.209. The van der Waals surface area contributed by atoms with E-state index in [1.165, 1.54) is 28.9 Å². The second-order valence-corrected chi connectivity index (χ2v) is 7.70. The standard InChI is InChI=1S/C22H15BrN4O5/c1-3-31-22(28)19-17(11-24)20(21-12(2)16-10-13(23)4-9-18(16)32-21)26(25-19)14-5-7-15(8-6-14)27(29)30/h4-10H,3H2,1-2H3. The monoisotopic (exact) mass is 494 g/mol. The van der Waals surface area contributed by atoms with Crippen molar-refractivity contribution >= 4 is 38.6 Å². The van der Waals surface area contributed by atoms with Gasteiger partial charge < -0.3 is 9.15 Å². The molecule has 0 fully saturated rings. The molecule has 0 radical (unpaired) electrons. The van der Waals surface area contributed by atoms with Gasteiger partial charge in [-0.1, -0.05) is 15.9 Å². The number of rotatable bonds is 5. The van der Waals surface area contributed by atoms with E-state index in [9.17, 15) is 20.2 Å². The molecule has 0 aliphatic rings. The van der Waals surface area contributed by atoms with Crippen molar-refractivity contribution < 1.29 is 18.9 Å². The molecule has 9 nitrogen and oxygen atoms in total. The van der Waals surface area contributed by atoms with Crippen LogP contribution in [-0.2, 0) is 4.74 Å². The van der Waals surface area contributed by atoms with Crippen LogP contribution in [0.15, 0.2) is 51.4 Å². The summed E-state index contributed by atoms with van der Waals surface area (Å²) in [6.45, 7) is 3.60. The van der Waals surface area contributed by atoms with Crippen molar-refractivity contribution in [2.24, 2.45) is 0 Å². The number of hydrogen-bond donors (Lipinski definition) is 0. The van der Waals surface area contributed by atoms with Crippen LogP contribution in [0.2, 0.25) is 0 Å². The van der Waals surface area contributed by atoms with Crippen molar-refractivity contribution in [3.63, 3.8) is 0 Å². The second kappa shape index (κ2) is 8.28. The molecule has 0 bridgehead atoms. The first-order valence-electron chi connectivity index (χ1n) is 9.49. The third-order valence-electron chi connectivity index (χ3n) is 4.88. The van der Waals surface area contributed by atoms with Crippen LogP contribution in [0.1, 0.15) is 28.5 Å². The first-order chi connectivity index (χ1) is 15.3. The van der Waals surface area contributed by atoms with Crippen LogP contribution in [0, 0.1) is 28.4 Å². The van der Waals surface area contributed by atoms with E-state index in [0.717, 1.165) is 15.4 Å². The van der Waals surface area contributed by atoms with Crippen molar-refractivity contribution in [1.82, 2.24) is 9.78 Å². The fourth-order valence-electron chi connectivity index (χ4n) is 3.40. The highest BCUT2D eigenvalue weighted by Crippen LogP contribution is 2.38. The van der Waals surface area contributed by atoms with Crippen LogP contribution in [0.25, 0.3) is 28.1 Å². The van der Waals surface area contributed by atoms with Gasteiger partial charge in [0.15, 0.2) is 11.5 Å². The lowest BCUT2D eigenvalue weighted by molar-refractivity contribution is -0.384. The average Bonchev–Trinajstić information content (AvgIpc) is 3.31. The van der Waals surface area contributed by atoms with Gasteiger partial charge in [0.05, 0.1) is 17.2 Å². The van der Waals surface area contributed by atoms with E-state index in [-0.39, 0.29) is 29.2 Å². The van der Waals surface area contributed by atoms with E-state index in [0.29, 0.717) is 17.0 Å². The summed E-state index contributed by atoms with van der Waals surface area (Å²) in [4.78, 5) is 23.0. The molecule has 32 heavy (non-hydrogen) atoms. The minimum Gasteiger partial charge on any atom is -0.461 e. The minimum atomic E-state index is -0.748. The molecule has 4 aromatic rings. The van der Waals surface area contributed by atoms with E-state index in [4.69, 9.17) is 9.15 Å². The molecule has 0 saturated carbocycles. The third kappa shape index (κ3) is 3.52. The maximum atomic E-state index is 12.5. The number of nitro groups is 1. The SMILES string of the molecule is CCOC(=O)c1nn(-c2ccc([N+](=O)[O-])cc2)c(-c2oc3ccc(Br)cc3c2C)c1C#N. The summed E-state index contributed by atoms with van der Waals surface area (Å²) in [7, 11) is 0. The Kier molecular flexibility index (Phi) is 5.50. The Hall–Kier alpha value is -3.97. The molecule has 0 saturated heterocycles. The molecule has 2 heterocycles. The molecule has 0 unspecified atom stereocenters. The lowest BCUT2D eigenvalue weighted by Crippen LogP contribution is -2.08. The number of nitro benzene ring substituents is 1. The summed E-state index contributed by atoms with van der Waals surface area (Å²) < 4.78 is 13.4. The van der Waals surface area contributed by atoms with Gasteiger partial charge in [-0.15, -0.1) is 0 Å². The first kappa shape index (κ1) is 21.3. The molecule has 2 aromatic heterocycles. The van der Waals surface area contributed by atoms with Crippen LogP contribution < -0.4 is 0 Å². The highest BCUT2D eigenvalue weighted by Gasteiger charge is 2.29. The Morgan fingerprint density at radius 3 is 2.66 bits per heavy atom. The number of ether oxygens (including phenoxy) is 1. The number of halogens is 1. The number of non-ortho nitro benzene ring substituents is 1. The van der Waals surface area contributed by atoms with Gasteiger partial charge in [-0.25, -0.2) is 9.48 Å². The van der Waals surface area contributed by atoms with Crippen LogP contribution >= 0.6 is 15.9 Å². The molecule has 0 amide bonds. The van der Waals surface area contributed by atoms with Gasteiger partial charge >= 0.3 is 5.97 Å². The molecule has 160 valence electrons. The third-order valence-corrected chi connectivity index (χ3v) is 5.38. The number of aryl methyl sites for hydroxylation is 1. The molecule has 0 aliphatic carbocycles. The van der Waals surface area contributed by atoms with Crippen molar-refractivity contribution in [2.75, 3.05) is 6.61 Å².